The molecule has 0 aliphatic carbocycles. The lowest BCUT2D eigenvalue weighted by molar-refractivity contribution is -0.118. The number of furan rings is 1. The number of aryl methyl sites for hydroxylation is 1. The van der Waals surface area contributed by atoms with Crippen molar-refractivity contribution in [3.8, 4) is 5.75 Å². The number of amides is 2. The molecule has 6 heteroatoms. The third-order valence-corrected chi connectivity index (χ3v) is 4.83. The monoisotopic (exact) mass is 418 g/mol. The number of nitrogens with one attached hydrogen (secondary N) is 2. The maximum absolute atomic E-state index is 13.1. The molecule has 0 aliphatic heterocycles. The Balaban J connectivity index is 1.82. The minimum absolute atomic E-state index is 0.105. The van der Waals surface area contributed by atoms with Crippen LogP contribution in [0.5, 0.6) is 5.75 Å². The van der Waals surface area contributed by atoms with Gasteiger partial charge in [0.1, 0.15) is 17.2 Å². The van der Waals surface area contributed by atoms with E-state index in [-0.39, 0.29) is 17.6 Å². The number of hydrogen-bond acceptors (Lipinski definition) is 4. The molecule has 31 heavy (non-hydrogen) atoms. The summed E-state index contributed by atoms with van der Waals surface area (Å²) in [5.41, 5.74) is 2.48. The maximum Gasteiger partial charge on any atom is 0.268 e. The van der Waals surface area contributed by atoms with E-state index >= 15 is 0 Å². The summed E-state index contributed by atoms with van der Waals surface area (Å²) in [6.07, 6.45) is 3.71. The minimum Gasteiger partial charge on any atom is -0.497 e. The van der Waals surface area contributed by atoms with Gasteiger partial charge in [-0.25, -0.2) is 0 Å². The van der Waals surface area contributed by atoms with Crippen LogP contribution in [0.4, 0.5) is 0 Å². The van der Waals surface area contributed by atoms with Gasteiger partial charge < -0.3 is 19.8 Å². The molecule has 160 valence electrons. The van der Waals surface area contributed by atoms with Crippen molar-refractivity contribution in [1.82, 2.24) is 10.6 Å². The van der Waals surface area contributed by atoms with Crippen molar-refractivity contribution in [3.63, 3.8) is 0 Å². The SMILES string of the molecule is CC[C@@H](NC(=O)/C(=C/c1ccco1)NC(=O)c1cccc(C)c1)c1ccc(OC)cc1. The van der Waals surface area contributed by atoms with Crippen LogP contribution >= 0.6 is 0 Å². The predicted molar refractivity (Wildman–Crippen MR) is 119 cm³/mol. The summed E-state index contributed by atoms with van der Waals surface area (Å²) in [5.74, 6) is 0.440. The van der Waals surface area contributed by atoms with Crippen molar-refractivity contribution in [2.75, 3.05) is 7.11 Å². The zero-order valence-electron chi connectivity index (χ0n) is 17.8. The molecule has 0 saturated carbocycles. The van der Waals surface area contributed by atoms with Gasteiger partial charge in [-0.05, 0) is 55.3 Å². The van der Waals surface area contributed by atoms with Crippen molar-refractivity contribution in [1.29, 1.82) is 0 Å². The molecule has 2 aromatic carbocycles. The minimum atomic E-state index is -0.403. The number of benzene rings is 2. The van der Waals surface area contributed by atoms with E-state index in [2.05, 4.69) is 10.6 Å². The van der Waals surface area contributed by atoms with Crippen LogP contribution in [0.3, 0.4) is 0 Å². The Morgan fingerprint density at radius 1 is 1.10 bits per heavy atom. The first-order valence-corrected chi connectivity index (χ1v) is 10.1. The van der Waals surface area contributed by atoms with E-state index < -0.39 is 5.91 Å². The molecule has 6 nitrogen and oxygen atoms in total. The zero-order valence-corrected chi connectivity index (χ0v) is 17.8. The smallest absolute Gasteiger partial charge is 0.268 e. The van der Waals surface area contributed by atoms with E-state index in [9.17, 15) is 9.59 Å². The molecule has 2 amide bonds. The van der Waals surface area contributed by atoms with Crippen molar-refractivity contribution >= 4 is 17.9 Å². The van der Waals surface area contributed by atoms with Gasteiger partial charge in [0.25, 0.3) is 11.8 Å². The Hall–Kier alpha value is -3.80. The molecule has 0 saturated heterocycles. The third-order valence-electron chi connectivity index (χ3n) is 4.83. The number of methoxy groups -OCH3 is 1. The van der Waals surface area contributed by atoms with Crippen LogP contribution in [0.15, 0.2) is 77.0 Å². The highest BCUT2D eigenvalue weighted by molar-refractivity contribution is 6.05. The number of ether oxygens (including phenoxy) is 1. The fourth-order valence-corrected chi connectivity index (χ4v) is 3.15. The second-order valence-electron chi connectivity index (χ2n) is 7.10. The zero-order chi connectivity index (χ0) is 22.2. The molecular weight excluding hydrogens is 392 g/mol. The lowest BCUT2D eigenvalue weighted by atomic mass is 10.0. The first-order valence-electron chi connectivity index (χ1n) is 10.1. The van der Waals surface area contributed by atoms with Gasteiger partial charge >= 0.3 is 0 Å². The van der Waals surface area contributed by atoms with Gasteiger partial charge in [-0.3, -0.25) is 9.59 Å². The third kappa shape index (κ3) is 5.85. The first-order chi connectivity index (χ1) is 15.0. The van der Waals surface area contributed by atoms with Crippen molar-refractivity contribution in [2.45, 2.75) is 26.3 Å². The summed E-state index contributed by atoms with van der Waals surface area (Å²) >= 11 is 0. The summed E-state index contributed by atoms with van der Waals surface area (Å²) in [6, 6.07) is 17.9. The molecule has 0 bridgehead atoms. The predicted octanol–water partition coefficient (Wildman–Crippen LogP) is 4.64. The standard InChI is InChI=1S/C25H26N2O4/c1-4-22(18-10-12-20(30-3)13-11-18)26-25(29)23(16-21-9-6-14-31-21)27-24(28)19-8-5-7-17(2)15-19/h5-16,22H,4H2,1-3H3,(H,26,29)(H,27,28)/b23-16-/t22-/m1/s1. The quantitative estimate of drug-likeness (QED) is 0.523. The number of carbonyl (C=O) groups excluding carboxylic acids is 2. The Labute approximate surface area is 181 Å². The molecule has 1 atom stereocenters. The molecule has 0 spiro atoms. The van der Waals surface area contributed by atoms with E-state index in [1.807, 2.05) is 44.2 Å². The molecule has 1 heterocycles. The summed E-state index contributed by atoms with van der Waals surface area (Å²) in [5, 5.41) is 5.72. The van der Waals surface area contributed by atoms with Crippen LogP contribution < -0.4 is 15.4 Å². The molecule has 2 N–H and O–H groups in total. The molecular formula is C25H26N2O4. The average Bonchev–Trinajstić information content (AvgIpc) is 3.30. The van der Waals surface area contributed by atoms with Crippen LogP contribution in [0.2, 0.25) is 0 Å². The van der Waals surface area contributed by atoms with E-state index in [0.717, 1.165) is 16.9 Å². The van der Waals surface area contributed by atoms with Crippen LogP contribution in [0.1, 0.15) is 46.6 Å². The van der Waals surface area contributed by atoms with E-state index in [4.69, 9.17) is 9.15 Å². The van der Waals surface area contributed by atoms with E-state index in [0.29, 0.717) is 17.7 Å². The lowest BCUT2D eigenvalue weighted by Gasteiger charge is -2.19. The Morgan fingerprint density at radius 3 is 2.48 bits per heavy atom. The molecule has 0 unspecified atom stereocenters. The molecule has 0 aliphatic rings. The van der Waals surface area contributed by atoms with E-state index in [1.165, 1.54) is 12.3 Å². The van der Waals surface area contributed by atoms with Gasteiger partial charge in [-0.2, -0.15) is 0 Å². The Morgan fingerprint density at radius 2 is 1.87 bits per heavy atom. The second kappa shape index (κ2) is 10.3. The van der Waals surface area contributed by atoms with Crippen LogP contribution in [0, 0.1) is 6.92 Å². The van der Waals surface area contributed by atoms with Crippen LogP contribution in [0.25, 0.3) is 6.08 Å². The number of rotatable bonds is 8. The largest absolute Gasteiger partial charge is 0.497 e. The Kier molecular flexibility index (Phi) is 7.27. The van der Waals surface area contributed by atoms with Crippen molar-refractivity contribution in [2.24, 2.45) is 0 Å². The normalized spacial score (nSPS) is 12.2. The average molecular weight is 418 g/mol. The maximum atomic E-state index is 13.1. The van der Waals surface area contributed by atoms with Crippen molar-refractivity contribution < 1.29 is 18.7 Å². The van der Waals surface area contributed by atoms with Gasteiger partial charge in [-0.1, -0.05) is 36.8 Å². The highest BCUT2D eigenvalue weighted by atomic mass is 16.5. The van der Waals surface area contributed by atoms with Gasteiger partial charge in [0, 0.05) is 11.6 Å². The van der Waals surface area contributed by atoms with Gasteiger partial charge in [0.15, 0.2) is 0 Å². The summed E-state index contributed by atoms with van der Waals surface area (Å²) in [6.45, 7) is 3.89. The van der Waals surface area contributed by atoms with Crippen LogP contribution in [-0.2, 0) is 4.79 Å². The van der Waals surface area contributed by atoms with Crippen molar-refractivity contribution in [3.05, 3.63) is 95.1 Å². The Bertz CT molecular complexity index is 1050. The fraction of sp³-hybridized carbons (Fsp3) is 0.200. The topological polar surface area (TPSA) is 80.6 Å². The lowest BCUT2D eigenvalue weighted by Crippen LogP contribution is -2.36. The fourth-order valence-electron chi connectivity index (χ4n) is 3.15. The molecule has 3 rings (SSSR count). The summed E-state index contributed by atoms with van der Waals surface area (Å²) in [7, 11) is 1.61. The molecule has 0 fully saturated rings. The molecule has 3 aromatic rings. The highest BCUT2D eigenvalue weighted by Gasteiger charge is 2.19. The van der Waals surface area contributed by atoms with E-state index in [1.54, 1.807) is 37.4 Å². The highest BCUT2D eigenvalue weighted by Crippen LogP contribution is 2.21. The number of carbonyl (C=O) groups is 2. The second-order valence-corrected chi connectivity index (χ2v) is 7.10. The van der Waals surface area contributed by atoms with Gasteiger partial charge in [0.05, 0.1) is 19.4 Å². The first kappa shape index (κ1) is 21.9. The van der Waals surface area contributed by atoms with Crippen LogP contribution in [-0.4, -0.2) is 18.9 Å². The summed E-state index contributed by atoms with van der Waals surface area (Å²) in [4.78, 5) is 25.9. The number of hydrogen-bond donors (Lipinski definition) is 2. The van der Waals surface area contributed by atoms with Gasteiger partial charge in [-0.15, -0.1) is 0 Å². The molecule has 0 radical (unpaired) electrons. The van der Waals surface area contributed by atoms with Gasteiger partial charge in [0.2, 0.25) is 0 Å². The summed E-state index contributed by atoms with van der Waals surface area (Å²) < 4.78 is 10.5. The molecule has 1 aromatic heterocycles.